The monoisotopic (exact) mass is 281 g/mol. The Hall–Kier alpha value is -2.95. The van der Waals surface area contributed by atoms with Gasteiger partial charge in [0.25, 0.3) is 5.91 Å². The highest BCUT2D eigenvalue weighted by atomic mass is 16.4. The van der Waals surface area contributed by atoms with Gasteiger partial charge in [0, 0.05) is 5.56 Å². The first kappa shape index (κ1) is 13.1. The van der Waals surface area contributed by atoms with E-state index in [2.05, 4.69) is 0 Å². The van der Waals surface area contributed by atoms with Crippen LogP contribution in [0.1, 0.15) is 26.3 Å². The number of hydrogen-bond donors (Lipinski definition) is 1. The molecular formula is C16H11NO4. The number of nitrogens with zero attached hydrogens (tertiary/aromatic N) is 1. The van der Waals surface area contributed by atoms with Gasteiger partial charge in [-0.3, -0.25) is 9.59 Å². The van der Waals surface area contributed by atoms with Gasteiger partial charge in [0.15, 0.2) is 0 Å². The molecule has 21 heavy (non-hydrogen) atoms. The molecule has 2 aromatic carbocycles. The second kappa shape index (κ2) is 4.86. The summed E-state index contributed by atoms with van der Waals surface area (Å²) < 4.78 is 0. The standard InChI is InChI=1S/C16H11NO4/c18-14-9-10-4-1-2-7-13(10)15(19)17(14)12-6-3-5-11(8-12)16(20)21/h1-8H,9H2,(H,20,21). The molecule has 0 aliphatic carbocycles. The number of anilines is 1. The van der Waals surface area contributed by atoms with Gasteiger partial charge in [-0.2, -0.15) is 0 Å². The number of carbonyl (C=O) groups excluding carboxylic acids is 2. The molecule has 5 nitrogen and oxygen atoms in total. The first-order valence-electron chi connectivity index (χ1n) is 6.36. The number of amides is 2. The van der Waals surface area contributed by atoms with E-state index < -0.39 is 11.9 Å². The summed E-state index contributed by atoms with van der Waals surface area (Å²) in [6.07, 6.45) is 0.124. The predicted octanol–water partition coefficient (Wildman–Crippen LogP) is 2.11. The maximum absolute atomic E-state index is 12.5. The van der Waals surface area contributed by atoms with Crippen molar-refractivity contribution >= 4 is 23.5 Å². The Morgan fingerprint density at radius 2 is 1.81 bits per heavy atom. The minimum Gasteiger partial charge on any atom is -0.478 e. The second-order valence-electron chi connectivity index (χ2n) is 4.72. The van der Waals surface area contributed by atoms with Crippen LogP contribution in [0.5, 0.6) is 0 Å². The summed E-state index contributed by atoms with van der Waals surface area (Å²) in [7, 11) is 0. The van der Waals surface area contributed by atoms with Gasteiger partial charge in [-0.05, 0) is 29.8 Å². The number of carboxylic acid groups (broad SMARTS) is 1. The minimum atomic E-state index is -1.10. The van der Waals surface area contributed by atoms with Crippen LogP contribution in [0, 0.1) is 0 Å². The van der Waals surface area contributed by atoms with Gasteiger partial charge >= 0.3 is 5.97 Å². The van der Waals surface area contributed by atoms with E-state index in [0.717, 1.165) is 4.90 Å². The molecule has 0 bridgehead atoms. The summed E-state index contributed by atoms with van der Waals surface area (Å²) in [6, 6.07) is 12.7. The maximum atomic E-state index is 12.5. The van der Waals surface area contributed by atoms with E-state index >= 15 is 0 Å². The summed E-state index contributed by atoms with van der Waals surface area (Å²) in [5.41, 5.74) is 1.47. The fourth-order valence-electron chi connectivity index (χ4n) is 2.40. The summed E-state index contributed by atoms with van der Waals surface area (Å²) in [6.45, 7) is 0. The van der Waals surface area contributed by atoms with Crippen LogP contribution in [0.25, 0.3) is 0 Å². The highest BCUT2D eigenvalue weighted by molar-refractivity contribution is 6.24. The largest absolute Gasteiger partial charge is 0.478 e. The second-order valence-corrected chi connectivity index (χ2v) is 4.72. The lowest BCUT2D eigenvalue weighted by molar-refractivity contribution is -0.117. The fourth-order valence-corrected chi connectivity index (χ4v) is 2.40. The van der Waals surface area contributed by atoms with Crippen molar-refractivity contribution in [2.75, 3.05) is 4.90 Å². The average Bonchev–Trinajstić information content (AvgIpc) is 2.47. The molecule has 2 amide bonds. The van der Waals surface area contributed by atoms with E-state index in [-0.39, 0.29) is 23.6 Å². The molecule has 0 saturated heterocycles. The third kappa shape index (κ3) is 2.18. The molecule has 1 aliphatic rings. The first-order valence-corrected chi connectivity index (χ1v) is 6.36. The lowest BCUT2D eigenvalue weighted by atomic mass is 9.98. The van der Waals surface area contributed by atoms with Crippen molar-refractivity contribution in [2.45, 2.75) is 6.42 Å². The summed E-state index contributed by atoms with van der Waals surface area (Å²) in [5.74, 6) is -1.89. The predicted molar refractivity (Wildman–Crippen MR) is 75.4 cm³/mol. The van der Waals surface area contributed by atoms with E-state index in [4.69, 9.17) is 5.11 Å². The Morgan fingerprint density at radius 3 is 2.57 bits per heavy atom. The molecule has 2 aromatic rings. The zero-order chi connectivity index (χ0) is 15.0. The van der Waals surface area contributed by atoms with E-state index in [1.807, 2.05) is 0 Å². The Morgan fingerprint density at radius 1 is 1.05 bits per heavy atom. The van der Waals surface area contributed by atoms with Crippen LogP contribution in [-0.4, -0.2) is 22.9 Å². The van der Waals surface area contributed by atoms with E-state index in [1.165, 1.54) is 18.2 Å². The number of fused-ring (bicyclic) bond motifs is 1. The van der Waals surface area contributed by atoms with Crippen molar-refractivity contribution in [3.05, 3.63) is 65.2 Å². The molecule has 1 heterocycles. The van der Waals surface area contributed by atoms with Crippen molar-refractivity contribution < 1.29 is 19.5 Å². The third-order valence-corrected chi connectivity index (χ3v) is 3.39. The molecule has 1 N–H and O–H groups in total. The summed E-state index contributed by atoms with van der Waals surface area (Å²) >= 11 is 0. The maximum Gasteiger partial charge on any atom is 0.335 e. The molecule has 0 radical (unpaired) electrons. The SMILES string of the molecule is O=C(O)c1cccc(N2C(=O)Cc3ccccc3C2=O)c1. The molecule has 3 rings (SSSR count). The highest BCUT2D eigenvalue weighted by Gasteiger charge is 2.32. The number of benzene rings is 2. The number of carbonyl (C=O) groups is 3. The molecule has 0 saturated carbocycles. The zero-order valence-electron chi connectivity index (χ0n) is 10.9. The van der Waals surface area contributed by atoms with Gasteiger partial charge in [0.1, 0.15) is 0 Å². The number of carboxylic acids is 1. The van der Waals surface area contributed by atoms with Gasteiger partial charge in [0.2, 0.25) is 5.91 Å². The first-order chi connectivity index (χ1) is 10.1. The molecule has 1 aliphatic heterocycles. The van der Waals surface area contributed by atoms with E-state index in [1.54, 1.807) is 30.3 Å². The van der Waals surface area contributed by atoms with Crippen LogP contribution in [0.2, 0.25) is 0 Å². The molecule has 0 aromatic heterocycles. The minimum absolute atomic E-state index is 0.0342. The lowest BCUT2D eigenvalue weighted by Crippen LogP contribution is -2.42. The Kier molecular flexibility index (Phi) is 3.02. The topological polar surface area (TPSA) is 74.7 Å². The van der Waals surface area contributed by atoms with Gasteiger partial charge in [-0.15, -0.1) is 0 Å². The van der Waals surface area contributed by atoms with Crippen LogP contribution < -0.4 is 4.90 Å². The zero-order valence-corrected chi connectivity index (χ0v) is 10.9. The molecule has 0 spiro atoms. The van der Waals surface area contributed by atoms with Crippen molar-refractivity contribution in [3.63, 3.8) is 0 Å². The van der Waals surface area contributed by atoms with Gasteiger partial charge in [-0.25, -0.2) is 9.69 Å². The molecular weight excluding hydrogens is 270 g/mol. The average molecular weight is 281 g/mol. The molecule has 0 unspecified atom stereocenters. The number of hydrogen-bond acceptors (Lipinski definition) is 3. The summed E-state index contributed by atoms with van der Waals surface area (Å²) in [4.78, 5) is 36.7. The van der Waals surface area contributed by atoms with Gasteiger partial charge in [0.05, 0.1) is 17.7 Å². The quantitative estimate of drug-likeness (QED) is 0.855. The molecule has 5 heteroatoms. The van der Waals surface area contributed by atoms with Crippen molar-refractivity contribution in [3.8, 4) is 0 Å². The smallest absolute Gasteiger partial charge is 0.335 e. The Balaban J connectivity index is 2.07. The van der Waals surface area contributed by atoms with Gasteiger partial charge in [-0.1, -0.05) is 24.3 Å². The van der Waals surface area contributed by atoms with Crippen LogP contribution in [-0.2, 0) is 11.2 Å². The molecule has 104 valence electrons. The van der Waals surface area contributed by atoms with E-state index in [9.17, 15) is 14.4 Å². The number of imide groups is 1. The molecule has 0 atom stereocenters. The van der Waals surface area contributed by atoms with Crippen molar-refractivity contribution in [1.29, 1.82) is 0 Å². The Labute approximate surface area is 120 Å². The molecule has 0 fully saturated rings. The third-order valence-electron chi connectivity index (χ3n) is 3.39. The van der Waals surface area contributed by atoms with Crippen LogP contribution in [0.4, 0.5) is 5.69 Å². The van der Waals surface area contributed by atoms with Crippen LogP contribution >= 0.6 is 0 Å². The van der Waals surface area contributed by atoms with Crippen molar-refractivity contribution in [1.82, 2.24) is 0 Å². The normalized spacial score (nSPS) is 14.0. The number of rotatable bonds is 2. The number of aromatic carboxylic acids is 1. The van der Waals surface area contributed by atoms with Crippen LogP contribution in [0.15, 0.2) is 48.5 Å². The fraction of sp³-hybridized carbons (Fsp3) is 0.0625. The van der Waals surface area contributed by atoms with Crippen LogP contribution in [0.3, 0.4) is 0 Å². The highest BCUT2D eigenvalue weighted by Crippen LogP contribution is 2.26. The Bertz CT molecular complexity index is 766. The summed E-state index contributed by atoms with van der Waals surface area (Å²) in [5, 5.41) is 9.01. The lowest BCUT2D eigenvalue weighted by Gasteiger charge is -2.26. The van der Waals surface area contributed by atoms with E-state index in [0.29, 0.717) is 11.1 Å². The van der Waals surface area contributed by atoms with Gasteiger partial charge < -0.3 is 5.11 Å². The van der Waals surface area contributed by atoms with Crippen molar-refractivity contribution in [2.24, 2.45) is 0 Å².